The maximum absolute atomic E-state index is 6.44. The van der Waals surface area contributed by atoms with E-state index >= 15 is 0 Å². The first-order chi connectivity index (χ1) is 23.8. The molecule has 3 aromatic heterocycles. The Bertz CT molecular complexity index is 2450. The monoisotopic (exact) mass is 635 g/mol. The fraction of sp³-hybridized carbons (Fsp3) is 0. The Morgan fingerprint density at radius 3 is 2.06 bits per heavy atom. The zero-order chi connectivity index (χ0) is 31.9. The van der Waals surface area contributed by atoms with Crippen molar-refractivity contribution in [1.82, 2.24) is 9.55 Å². The summed E-state index contributed by atoms with van der Waals surface area (Å²) < 4.78 is 17.1. The van der Waals surface area contributed by atoms with E-state index in [2.05, 4.69) is 136 Å². The van der Waals surface area contributed by atoms with E-state index in [-0.39, 0.29) is 0 Å². The number of fused-ring (bicyclic) bond motifs is 4. The fourth-order valence-corrected chi connectivity index (χ4v) is 11.3. The lowest BCUT2D eigenvalue weighted by molar-refractivity contribution is -0.515. The predicted molar refractivity (Wildman–Crippen MR) is 193 cm³/mol. The highest BCUT2D eigenvalue weighted by Crippen LogP contribution is 2.33. The van der Waals surface area contributed by atoms with Crippen LogP contribution in [0.4, 0.5) is 0 Å². The third-order valence-corrected chi connectivity index (χ3v) is 13.4. The van der Waals surface area contributed by atoms with Crippen LogP contribution in [0.5, 0.6) is 11.5 Å². The van der Waals surface area contributed by atoms with Crippen LogP contribution in [0.3, 0.4) is 0 Å². The summed E-state index contributed by atoms with van der Waals surface area (Å²) in [5, 5.41) is 5.64. The Balaban J connectivity index is 1.21. The SMILES string of the molecule is [c-]1n(-c2cccc(Oc3ccc4c(c3)oc3ccccc34)c2)c2ccccc2[n+]1[Si](c1ccccc1)(c1ccccc1)c1ccccn1. The van der Waals surface area contributed by atoms with Crippen LogP contribution in [0.25, 0.3) is 38.7 Å². The topological polar surface area (TPSA) is 44.1 Å². The molecule has 0 N–H and O–H groups in total. The van der Waals surface area contributed by atoms with E-state index < -0.39 is 8.24 Å². The van der Waals surface area contributed by atoms with Crippen molar-refractivity contribution in [2.24, 2.45) is 0 Å². The highest BCUT2D eigenvalue weighted by molar-refractivity contribution is 7.05. The number of nitrogens with zero attached hydrogens (tertiary/aromatic N) is 3. The molecule has 0 unspecified atom stereocenters. The number of pyridine rings is 1. The molecule has 6 aromatic carbocycles. The fourth-order valence-electron chi connectivity index (χ4n) is 6.87. The largest absolute Gasteiger partial charge is 0.458 e. The Morgan fingerprint density at radius 1 is 0.583 bits per heavy atom. The zero-order valence-electron chi connectivity index (χ0n) is 25.9. The van der Waals surface area contributed by atoms with E-state index in [9.17, 15) is 0 Å². The summed E-state index contributed by atoms with van der Waals surface area (Å²) >= 11 is 0. The number of hydrogen-bond donors (Lipinski definition) is 0. The average molecular weight is 636 g/mol. The summed E-state index contributed by atoms with van der Waals surface area (Å²) in [4.78, 5) is 5.05. The molecular weight excluding hydrogens is 607 g/mol. The molecular formula is C42H29N3O2Si. The molecule has 6 heteroatoms. The van der Waals surface area contributed by atoms with E-state index in [0.717, 1.165) is 49.7 Å². The number of benzene rings is 6. The summed E-state index contributed by atoms with van der Waals surface area (Å²) in [5.74, 6) is 1.44. The van der Waals surface area contributed by atoms with Gasteiger partial charge in [0, 0.05) is 28.6 Å². The maximum atomic E-state index is 6.44. The van der Waals surface area contributed by atoms with Gasteiger partial charge in [-0.3, -0.25) is 4.98 Å². The van der Waals surface area contributed by atoms with Crippen molar-refractivity contribution in [3.63, 3.8) is 0 Å². The summed E-state index contributed by atoms with van der Waals surface area (Å²) in [6, 6.07) is 58.5. The molecule has 0 spiro atoms. The summed E-state index contributed by atoms with van der Waals surface area (Å²) in [6.07, 6.45) is 5.75. The molecule has 0 aliphatic rings. The van der Waals surface area contributed by atoms with E-state index in [1.165, 1.54) is 10.4 Å². The van der Waals surface area contributed by atoms with Gasteiger partial charge in [0.25, 0.3) is 0 Å². The first kappa shape index (κ1) is 28.0. The van der Waals surface area contributed by atoms with E-state index in [1.54, 1.807) is 0 Å². The highest BCUT2D eigenvalue weighted by Gasteiger charge is 2.49. The van der Waals surface area contributed by atoms with Crippen LogP contribution >= 0.6 is 0 Å². The Hall–Kier alpha value is -6.24. The smallest absolute Gasteiger partial charge is 0.363 e. The van der Waals surface area contributed by atoms with Crippen LogP contribution in [0.2, 0.25) is 0 Å². The van der Waals surface area contributed by atoms with Gasteiger partial charge in [0.2, 0.25) is 6.33 Å². The molecule has 228 valence electrons. The van der Waals surface area contributed by atoms with Crippen molar-refractivity contribution < 1.29 is 13.4 Å². The third-order valence-electron chi connectivity index (χ3n) is 8.98. The van der Waals surface area contributed by atoms with Crippen LogP contribution in [-0.4, -0.2) is 17.8 Å². The molecule has 0 bridgehead atoms. The van der Waals surface area contributed by atoms with Crippen LogP contribution < -0.4 is 24.7 Å². The Labute approximate surface area is 278 Å². The molecule has 9 aromatic rings. The van der Waals surface area contributed by atoms with Gasteiger partial charge < -0.3 is 18.0 Å². The molecule has 0 radical (unpaired) electrons. The second-order valence-electron chi connectivity index (χ2n) is 11.8. The van der Waals surface area contributed by atoms with Crippen LogP contribution in [0, 0.1) is 6.33 Å². The first-order valence-corrected chi connectivity index (χ1v) is 17.9. The summed E-state index contributed by atoms with van der Waals surface area (Å²) in [7, 11) is -3.00. The molecule has 5 nitrogen and oxygen atoms in total. The molecule has 0 aliphatic carbocycles. The number of aromatic nitrogens is 3. The van der Waals surface area contributed by atoms with Gasteiger partial charge in [0.15, 0.2) is 0 Å². The number of rotatable bonds is 7. The minimum Gasteiger partial charge on any atom is -0.458 e. The van der Waals surface area contributed by atoms with Gasteiger partial charge >= 0.3 is 8.24 Å². The van der Waals surface area contributed by atoms with Crippen LogP contribution in [0.15, 0.2) is 180 Å². The van der Waals surface area contributed by atoms with Gasteiger partial charge in [0.05, 0.1) is 16.5 Å². The quantitative estimate of drug-likeness (QED) is 0.136. The molecule has 0 atom stereocenters. The summed E-state index contributed by atoms with van der Waals surface area (Å²) in [5.41, 5.74) is 4.72. The van der Waals surface area contributed by atoms with E-state index in [4.69, 9.17) is 14.1 Å². The Morgan fingerprint density at radius 2 is 1.27 bits per heavy atom. The van der Waals surface area contributed by atoms with Crippen molar-refractivity contribution in [2.45, 2.75) is 0 Å². The minimum absolute atomic E-state index is 0.713. The van der Waals surface area contributed by atoms with Crippen molar-refractivity contribution >= 4 is 56.9 Å². The number of para-hydroxylation sites is 3. The van der Waals surface area contributed by atoms with E-state index in [0.29, 0.717) is 5.75 Å². The van der Waals surface area contributed by atoms with Crippen molar-refractivity contribution in [2.75, 3.05) is 0 Å². The number of hydrogen-bond acceptors (Lipinski definition) is 3. The second-order valence-corrected chi connectivity index (χ2v) is 15.3. The van der Waals surface area contributed by atoms with Crippen molar-refractivity contribution in [3.8, 4) is 17.2 Å². The molecule has 3 heterocycles. The maximum Gasteiger partial charge on any atom is 0.363 e. The third kappa shape index (κ3) is 4.53. The van der Waals surface area contributed by atoms with Gasteiger partial charge in [-0.1, -0.05) is 121 Å². The van der Waals surface area contributed by atoms with Crippen LogP contribution in [0.1, 0.15) is 0 Å². The zero-order valence-corrected chi connectivity index (χ0v) is 26.9. The summed E-state index contributed by atoms with van der Waals surface area (Å²) in [6.45, 7) is 0. The molecule has 0 saturated carbocycles. The molecule has 0 aliphatic heterocycles. The molecule has 0 amide bonds. The lowest BCUT2D eigenvalue weighted by Crippen LogP contribution is -2.85. The molecule has 9 rings (SSSR count). The van der Waals surface area contributed by atoms with Crippen molar-refractivity contribution in [1.29, 1.82) is 0 Å². The molecule has 48 heavy (non-hydrogen) atoms. The van der Waals surface area contributed by atoms with Gasteiger partial charge in [-0.05, 0) is 52.8 Å². The first-order valence-electron chi connectivity index (χ1n) is 16.0. The van der Waals surface area contributed by atoms with Gasteiger partial charge in [-0.15, -0.1) is 0 Å². The molecule has 0 fully saturated rings. The second kappa shape index (κ2) is 11.5. The lowest BCUT2D eigenvalue weighted by Gasteiger charge is -2.30. The van der Waals surface area contributed by atoms with Gasteiger partial charge in [-0.25, -0.2) is 0 Å². The van der Waals surface area contributed by atoms with E-state index in [1.807, 2.05) is 54.7 Å². The minimum atomic E-state index is -3.00. The number of ether oxygens (including phenoxy) is 1. The van der Waals surface area contributed by atoms with Gasteiger partial charge in [0.1, 0.15) is 22.7 Å². The Kier molecular flexibility index (Phi) is 6.73. The van der Waals surface area contributed by atoms with Crippen LogP contribution in [-0.2, 0) is 0 Å². The highest BCUT2D eigenvalue weighted by atomic mass is 28.3. The number of imidazole rings is 1. The average Bonchev–Trinajstić information content (AvgIpc) is 3.72. The number of furan rings is 1. The normalized spacial score (nSPS) is 11.8. The lowest BCUT2D eigenvalue weighted by atomic mass is 10.1. The predicted octanol–water partition coefficient (Wildman–Crippen LogP) is 7.32. The van der Waals surface area contributed by atoms with Crippen molar-refractivity contribution in [3.05, 3.63) is 182 Å². The molecule has 0 saturated heterocycles. The van der Waals surface area contributed by atoms with Gasteiger partial charge in [-0.2, -0.15) is 0 Å². The standard InChI is InChI=1S/C42H29N3O2Si/c1-3-16-34(17-4-1)48(35-18-5-2-6-19-35,42-24-11-12-27-43-42)45-30-44(38-21-8-9-22-39(38)45)31-14-13-15-32(28-31)46-33-25-26-37-36-20-7-10-23-40(36)47-41(37)29-33/h1-29H.